The van der Waals surface area contributed by atoms with Crippen molar-refractivity contribution < 1.29 is 13.0 Å². The van der Waals surface area contributed by atoms with Crippen molar-refractivity contribution >= 4 is 21.5 Å². The minimum atomic E-state index is -4.04. The molecule has 2 heterocycles. The molecule has 1 aliphatic rings. The Morgan fingerprint density at radius 1 is 1.64 bits per heavy atom. The van der Waals surface area contributed by atoms with Crippen molar-refractivity contribution in [1.29, 1.82) is 0 Å². The van der Waals surface area contributed by atoms with Crippen molar-refractivity contribution in [1.82, 2.24) is 10.3 Å². The van der Waals surface area contributed by atoms with Crippen LogP contribution < -0.4 is 5.32 Å². The topological polar surface area (TPSA) is 79.3 Å². The second-order valence-electron chi connectivity index (χ2n) is 3.22. The van der Waals surface area contributed by atoms with E-state index in [9.17, 15) is 8.42 Å². The lowest BCUT2D eigenvalue weighted by atomic mass is 9.99. The molecule has 1 aromatic heterocycles. The molecule has 0 bridgehead atoms. The van der Waals surface area contributed by atoms with Crippen LogP contribution in [0, 0.1) is 5.92 Å². The molecule has 2 N–H and O–H groups in total. The van der Waals surface area contributed by atoms with E-state index in [1.807, 2.05) is 0 Å². The van der Waals surface area contributed by atoms with Gasteiger partial charge >= 0.3 is 0 Å². The molecule has 1 unspecified atom stereocenters. The van der Waals surface area contributed by atoms with Gasteiger partial charge in [0.25, 0.3) is 10.1 Å². The number of thiazole rings is 1. The molecule has 1 aliphatic heterocycles. The minimum Gasteiger partial charge on any atom is -0.316 e. The summed E-state index contributed by atoms with van der Waals surface area (Å²) in [5.41, 5.74) is 0. The monoisotopic (exact) mass is 234 g/mol. The Bertz CT molecular complexity index is 397. The van der Waals surface area contributed by atoms with Crippen LogP contribution in [0.5, 0.6) is 0 Å². The average molecular weight is 234 g/mol. The molecular weight excluding hydrogens is 224 g/mol. The fourth-order valence-electron chi connectivity index (χ4n) is 1.47. The zero-order valence-electron chi connectivity index (χ0n) is 7.25. The molecular formula is C7H10N2O3S2. The van der Waals surface area contributed by atoms with Gasteiger partial charge in [-0.15, -0.1) is 11.3 Å². The quantitative estimate of drug-likeness (QED) is 0.735. The van der Waals surface area contributed by atoms with Gasteiger partial charge in [0.1, 0.15) is 10.3 Å². The van der Waals surface area contributed by atoms with Gasteiger partial charge < -0.3 is 5.32 Å². The van der Waals surface area contributed by atoms with E-state index in [2.05, 4.69) is 10.3 Å². The Balaban J connectivity index is 2.31. The van der Waals surface area contributed by atoms with Crippen LogP contribution in [-0.2, 0) is 10.1 Å². The molecule has 0 spiro atoms. The van der Waals surface area contributed by atoms with Crippen LogP contribution in [0.25, 0.3) is 0 Å². The number of hydrogen-bond acceptors (Lipinski definition) is 5. The smallest absolute Gasteiger partial charge is 0.274 e. The lowest BCUT2D eigenvalue weighted by Gasteiger charge is -2.31. The number of hydrogen-bond donors (Lipinski definition) is 2. The highest BCUT2D eigenvalue weighted by Gasteiger charge is 2.38. The van der Waals surface area contributed by atoms with E-state index in [0.717, 1.165) is 0 Å². The van der Waals surface area contributed by atoms with E-state index in [0.29, 0.717) is 18.1 Å². The summed E-state index contributed by atoms with van der Waals surface area (Å²) < 4.78 is 31.4. The second-order valence-corrected chi connectivity index (χ2v) is 5.69. The third-order valence-electron chi connectivity index (χ3n) is 2.26. The van der Waals surface area contributed by atoms with E-state index in [1.165, 1.54) is 11.3 Å². The molecule has 0 aliphatic carbocycles. The van der Waals surface area contributed by atoms with E-state index < -0.39 is 15.4 Å². The Kier molecular flexibility index (Phi) is 2.56. The maximum absolute atomic E-state index is 11.2. The second kappa shape index (κ2) is 3.58. The number of nitrogens with zero attached hydrogens (tertiary/aromatic N) is 1. The molecule has 1 fully saturated rings. The van der Waals surface area contributed by atoms with Gasteiger partial charge in [0.05, 0.1) is 0 Å². The standard InChI is InChI=1S/C7H10N2O3S2/c10-14(11,12)6(5-3-8-4-5)7-9-1-2-13-7/h1-2,5-6,8H,3-4H2,(H,10,11,12). The molecule has 2 rings (SSSR count). The zero-order valence-corrected chi connectivity index (χ0v) is 8.88. The molecule has 14 heavy (non-hydrogen) atoms. The van der Waals surface area contributed by atoms with E-state index in [4.69, 9.17) is 4.55 Å². The van der Waals surface area contributed by atoms with Crippen molar-refractivity contribution in [3.05, 3.63) is 16.6 Å². The Morgan fingerprint density at radius 3 is 2.71 bits per heavy atom. The van der Waals surface area contributed by atoms with Crippen LogP contribution in [0.2, 0.25) is 0 Å². The zero-order chi connectivity index (χ0) is 10.2. The van der Waals surface area contributed by atoms with Crippen molar-refractivity contribution in [3.8, 4) is 0 Å². The first-order chi connectivity index (χ1) is 6.59. The van der Waals surface area contributed by atoms with Crippen molar-refractivity contribution in [2.75, 3.05) is 13.1 Å². The van der Waals surface area contributed by atoms with Crippen LogP contribution in [0.1, 0.15) is 10.3 Å². The normalized spacial score (nSPS) is 20.4. The SMILES string of the molecule is O=S(=O)(O)C(c1nccs1)C1CNC1. The Morgan fingerprint density at radius 2 is 2.36 bits per heavy atom. The maximum atomic E-state index is 11.2. The van der Waals surface area contributed by atoms with Crippen molar-refractivity contribution in [2.24, 2.45) is 5.92 Å². The van der Waals surface area contributed by atoms with Crippen LogP contribution in [0.4, 0.5) is 0 Å². The van der Waals surface area contributed by atoms with Crippen LogP contribution >= 0.6 is 11.3 Å². The lowest BCUT2D eigenvalue weighted by Crippen LogP contribution is -2.47. The fourth-order valence-corrected chi connectivity index (χ4v) is 3.71. The summed E-state index contributed by atoms with van der Waals surface area (Å²) in [5.74, 6) is -0.0591. The first-order valence-corrected chi connectivity index (χ1v) is 6.54. The summed E-state index contributed by atoms with van der Waals surface area (Å²) in [4.78, 5) is 3.94. The molecule has 0 aromatic carbocycles. The minimum absolute atomic E-state index is 0.0591. The highest BCUT2D eigenvalue weighted by molar-refractivity contribution is 7.86. The average Bonchev–Trinajstić information content (AvgIpc) is 2.45. The number of aromatic nitrogens is 1. The first kappa shape index (κ1) is 10.0. The molecule has 1 saturated heterocycles. The van der Waals surface area contributed by atoms with Gasteiger partial charge in [0.2, 0.25) is 0 Å². The van der Waals surface area contributed by atoms with Crippen LogP contribution in [0.15, 0.2) is 11.6 Å². The van der Waals surface area contributed by atoms with E-state index in [1.54, 1.807) is 11.6 Å². The third-order valence-corrected chi connectivity index (χ3v) is 4.51. The largest absolute Gasteiger partial charge is 0.316 e. The molecule has 0 saturated carbocycles. The van der Waals surface area contributed by atoms with Gasteiger partial charge in [-0.1, -0.05) is 0 Å². The fraction of sp³-hybridized carbons (Fsp3) is 0.571. The lowest BCUT2D eigenvalue weighted by molar-refractivity contribution is 0.318. The summed E-state index contributed by atoms with van der Waals surface area (Å²) in [6.07, 6.45) is 1.55. The molecule has 5 nitrogen and oxygen atoms in total. The van der Waals surface area contributed by atoms with Crippen LogP contribution in [-0.4, -0.2) is 31.0 Å². The van der Waals surface area contributed by atoms with Gasteiger partial charge in [-0.2, -0.15) is 8.42 Å². The Labute approximate surface area is 85.9 Å². The molecule has 0 radical (unpaired) electrons. The van der Waals surface area contributed by atoms with E-state index >= 15 is 0 Å². The summed E-state index contributed by atoms with van der Waals surface area (Å²) in [7, 11) is -4.04. The van der Waals surface area contributed by atoms with Gasteiger partial charge in [0, 0.05) is 30.6 Å². The van der Waals surface area contributed by atoms with Gasteiger partial charge in [-0.3, -0.25) is 4.55 Å². The van der Waals surface area contributed by atoms with E-state index in [-0.39, 0.29) is 5.92 Å². The molecule has 1 aromatic rings. The molecule has 0 amide bonds. The van der Waals surface area contributed by atoms with Crippen molar-refractivity contribution in [2.45, 2.75) is 5.25 Å². The highest BCUT2D eigenvalue weighted by Crippen LogP contribution is 2.33. The highest BCUT2D eigenvalue weighted by atomic mass is 32.2. The summed E-state index contributed by atoms with van der Waals surface area (Å²) >= 11 is 1.26. The molecule has 78 valence electrons. The maximum Gasteiger partial charge on any atom is 0.274 e. The number of rotatable bonds is 3. The first-order valence-electron chi connectivity index (χ1n) is 4.15. The summed E-state index contributed by atoms with van der Waals surface area (Å²) in [5, 5.41) is 4.30. The van der Waals surface area contributed by atoms with Gasteiger partial charge in [-0.05, 0) is 0 Å². The number of nitrogens with one attached hydrogen (secondary N) is 1. The van der Waals surface area contributed by atoms with Gasteiger partial charge in [0.15, 0.2) is 0 Å². The summed E-state index contributed by atoms with van der Waals surface area (Å²) in [6, 6.07) is 0. The summed E-state index contributed by atoms with van der Waals surface area (Å²) in [6.45, 7) is 1.23. The molecule has 1 atom stereocenters. The van der Waals surface area contributed by atoms with Crippen molar-refractivity contribution in [3.63, 3.8) is 0 Å². The van der Waals surface area contributed by atoms with Gasteiger partial charge in [-0.25, -0.2) is 4.98 Å². The predicted molar refractivity (Wildman–Crippen MR) is 52.8 cm³/mol. The predicted octanol–water partition coefficient (Wildman–Crippen LogP) is 0.291. The van der Waals surface area contributed by atoms with Crippen LogP contribution in [0.3, 0.4) is 0 Å². The molecule has 7 heteroatoms. The third kappa shape index (κ3) is 1.81. The Hall–Kier alpha value is -0.500.